The van der Waals surface area contributed by atoms with E-state index in [9.17, 15) is 9.59 Å². The molecule has 0 spiro atoms. The molecule has 0 amide bonds. The molecule has 5 heteroatoms. The van der Waals surface area contributed by atoms with Crippen molar-refractivity contribution < 1.29 is 9.90 Å². The average Bonchev–Trinajstić information content (AvgIpc) is 2.32. The third kappa shape index (κ3) is 2.04. The minimum absolute atomic E-state index is 0.108. The Hall–Kier alpha value is -2.17. The predicted molar refractivity (Wildman–Crippen MR) is 63.3 cm³/mol. The fraction of sp³-hybridized carbons (Fsp3) is 0.250. The zero-order chi connectivity index (χ0) is 12.4. The Labute approximate surface area is 97.1 Å². The van der Waals surface area contributed by atoms with Crippen molar-refractivity contribution in [1.29, 1.82) is 0 Å². The largest absolute Gasteiger partial charge is 0.478 e. The van der Waals surface area contributed by atoms with Gasteiger partial charge in [-0.05, 0) is 18.6 Å². The Morgan fingerprint density at radius 3 is 2.82 bits per heavy atom. The van der Waals surface area contributed by atoms with Crippen molar-refractivity contribution in [2.45, 2.75) is 19.8 Å². The normalized spacial score (nSPS) is 10.6. The molecule has 2 aromatic rings. The maximum absolute atomic E-state index is 11.6. The number of rotatable bonds is 3. The number of benzene rings is 1. The van der Waals surface area contributed by atoms with Gasteiger partial charge < -0.3 is 5.11 Å². The van der Waals surface area contributed by atoms with Crippen molar-refractivity contribution in [3.05, 3.63) is 39.8 Å². The van der Waals surface area contributed by atoms with E-state index in [1.54, 1.807) is 6.07 Å². The van der Waals surface area contributed by atoms with Gasteiger partial charge in [0, 0.05) is 5.39 Å². The van der Waals surface area contributed by atoms with Crippen LogP contribution in [0.5, 0.6) is 0 Å². The summed E-state index contributed by atoms with van der Waals surface area (Å²) in [4.78, 5) is 22.4. The summed E-state index contributed by atoms with van der Waals surface area (Å²) in [5.74, 6) is -1.04. The third-order valence-corrected chi connectivity index (χ3v) is 2.60. The highest BCUT2D eigenvalue weighted by atomic mass is 16.4. The van der Waals surface area contributed by atoms with Crippen LogP contribution in [-0.4, -0.2) is 21.3 Å². The Balaban J connectivity index is 2.73. The van der Waals surface area contributed by atoms with E-state index in [0.29, 0.717) is 5.39 Å². The Bertz CT molecular complexity index is 631. The SMILES string of the molecule is CCCc1n[nH]c(=O)c2cc(C(=O)O)ccc12. The van der Waals surface area contributed by atoms with Crippen LogP contribution in [0.3, 0.4) is 0 Å². The molecule has 5 nitrogen and oxygen atoms in total. The van der Waals surface area contributed by atoms with E-state index in [1.807, 2.05) is 6.92 Å². The van der Waals surface area contributed by atoms with Gasteiger partial charge >= 0.3 is 5.97 Å². The summed E-state index contributed by atoms with van der Waals surface area (Å²) in [5.41, 5.74) is 0.540. The van der Waals surface area contributed by atoms with Gasteiger partial charge in [0.05, 0.1) is 16.6 Å². The van der Waals surface area contributed by atoms with Crippen LogP contribution in [0, 0.1) is 0 Å². The molecule has 0 aliphatic rings. The highest BCUT2D eigenvalue weighted by molar-refractivity contribution is 5.94. The fourth-order valence-corrected chi connectivity index (χ4v) is 1.78. The average molecular weight is 232 g/mol. The van der Waals surface area contributed by atoms with Gasteiger partial charge in [0.2, 0.25) is 0 Å². The van der Waals surface area contributed by atoms with Crippen molar-refractivity contribution in [2.24, 2.45) is 0 Å². The van der Waals surface area contributed by atoms with Crippen molar-refractivity contribution in [2.75, 3.05) is 0 Å². The van der Waals surface area contributed by atoms with E-state index in [0.717, 1.165) is 23.9 Å². The van der Waals surface area contributed by atoms with Gasteiger partial charge in [0.1, 0.15) is 0 Å². The first kappa shape index (κ1) is 11.3. The molecule has 0 aliphatic heterocycles. The van der Waals surface area contributed by atoms with Crippen LogP contribution in [-0.2, 0) is 6.42 Å². The molecule has 0 saturated heterocycles. The van der Waals surface area contributed by atoms with Gasteiger partial charge in [-0.15, -0.1) is 0 Å². The summed E-state index contributed by atoms with van der Waals surface area (Å²) >= 11 is 0. The molecule has 0 atom stereocenters. The van der Waals surface area contributed by atoms with E-state index in [1.165, 1.54) is 12.1 Å². The summed E-state index contributed by atoms with van der Waals surface area (Å²) in [6.07, 6.45) is 1.66. The number of nitrogens with zero attached hydrogens (tertiary/aromatic N) is 1. The standard InChI is InChI=1S/C12H12N2O3/c1-2-3-10-8-5-4-7(12(16)17)6-9(8)11(15)14-13-10/h4-6H,2-3H2,1H3,(H,14,15)(H,16,17). The van der Waals surface area contributed by atoms with Crippen molar-refractivity contribution in [3.63, 3.8) is 0 Å². The number of H-pyrrole nitrogens is 1. The van der Waals surface area contributed by atoms with Crippen molar-refractivity contribution >= 4 is 16.7 Å². The first-order valence-corrected chi connectivity index (χ1v) is 5.38. The topological polar surface area (TPSA) is 83.0 Å². The number of aryl methyl sites for hydroxylation is 1. The number of carbonyl (C=O) groups is 1. The van der Waals surface area contributed by atoms with E-state index >= 15 is 0 Å². The van der Waals surface area contributed by atoms with E-state index < -0.39 is 5.97 Å². The molecule has 2 rings (SSSR count). The first-order valence-electron chi connectivity index (χ1n) is 5.38. The summed E-state index contributed by atoms with van der Waals surface area (Å²) in [7, 11) is 0. The number of nitrogens with one attached hydrogen (secondary N) is 1. The van der Waals surface area contributed by atoms with Crippen LogP contribution < -0.4 is 5.56 Å². The molecule has 0 unspecified atom stereocenters. The van der Waals surface area contributed by atoms with Crippen LogP contribution in [0.1, 0.15) is 29.4 Å². The molecule has 0 aliphatic carbocycles. The maximum Gasteiger partial charge on any atom is 0.335 e. The number of aromatic carboxylic acids is 1. The lowest BCUT2D eigenvalue weighted by molar-refractivity contribution is 0.0697. The Morgan fingerprint density at radius 1 is 1.41 bits per heavy atom. The number of aromatic amines is 1. The smallest absolute Gasteiger partial charge is 0.335 e. The number of carboxylic acid groups (broad SMARTS) is 1. The second-order valence-electron chi connectivity index (χ2n) is 3.81. The van der Waals surface area contributed by atoms with E-state index in [4.69, 9.17) is 5.11 Å². The molecule has 88 valence electrons. The summed E-state index contributed by atoms with van der Waals surface area (Å²) in [6, 6.07) is 4.52. The van der Waals surface area contributed by atoms with Crippen LogP contribution in [0.2, 0.25) is 0 Å². The summed E-state index contributed by atoms with van der Waals surface area (Å²) in [6.45, 7) is 2.02. The van der Waals surface area contributed by atoms with Gasteiger partial charge in [0.25, 0.3) is 5.56 Å². The lowest BCUT2D eigenvalue weighted by Crippen LogP contribution is -2.12. The molecular formula is C12H12N2O3. The third-order valence-electron chi connectivity index (χ3n) is 2.60. The second kappa shape index (κ2) is 4.37. The van der Waals surface area contributed by atoms with Gasteiger partial charge in [-0.1, -0.05) is 19.4 Å². The summed E-state index contributed by atoms with van der Waals surface area (Å²) < 4.78 is 0. The van der Waals surface area contributed by atoms with Crippen molar-refractivity contribution in [3.8, 4) is 0 Å². The second-order valence-corrected chi connectivity index (χ2v) is 3.81. The number of hydrogen-bond donors (Lipinski definition) is 2. The number of fused-ring (bicyclic) bond motifs is 1. The summed E-state index contributed by atoms with van der Waals surface area (Å²) in [5, 5.41) is 16.4. The maximum atomic E-state index is 11.6. The minimum atomic E-state index is -1.04. The lowest BCUT2D eigenvalue weighted by Gasteiger charge is -2.04. The monoisotopic (exact) mass is 232 g/mol. The van der Waals surface area contributed by atoms with E-state index in [2.05, 4.69) is 10.2 Å². The van der Waals surface area contributed by atoms with Gasteiger partial charge in [-0.25, -0.2) is 9.89 Å². The molecule has 1 aromatic carbocycles. The molecular weight excluding hydrogens is 220 g/mol. The first-order chi connectivity index (χ1) is 8.13. The van der Waals surface area contributed by atoms with Crippen LogP contribution in [0.4, 0.5) is 0 Å². The van der Waals surface area contributed by atoms with Crippen LogP contribution in [0.25, 0.3) is 10.8 Å². The Kier molecular flexibility index (Phi) is 2.91. The lowest BCUT2D eigenvalue weighted by atomic mass is 10.1. The Morgan fingerprint density at radius 2 is 2.18 bits per heavy atom. The highest BCUT2D eigenvalue weighted by Crippen LogP contribution is 2.16. The number of aromatic nitrogens is 2. The zero-order valence-electron chi connectivity index (χ0n) is 9.36. The van der Waals surface area contributed by atoms with Gasteiger partial charge in [0.15, 0.2) is 0 Å². The van der Waals surface area contributed by atoms with Gasteiger partial charge in [-0.3, -0.25) is 4.79 Å². The molecule has 0 saturated carbocycles. The molecule has 0 fully saturated rings. The molecule has 17 heavy (non-hydrogen) atoms. The minimum Gasteiger partial charge on any atom is -0.478 e. The van der Waals surface area contributed by atoms with E-state index in [-0.39, 0.29) is 11.1 Å². The molecule has 0 radical (unpaired) electrons. The number of carboxylic acids is 1. The quantitative estimate of drug-likeness (QED) is 0.841. The molecule has 0 bridgehead atoms. The van der Waals surface area contributed by atoms with Gasteiger partial charge in [-0.2, -0.15) is 5.10 Å². The van der Waals surface area contributed by atoms with Crippen LogP contribution >= 0.6 is 0 Å². The predicted octanol–water partition coefficient (Wildman–Crippen LogP) is 1.57. The zero-order valence-corrected chi connectivity index (χ0v) is 9.36. The molecule has 1 heterocycles. The molecule has 1 aromatic heterocycles. The molecule has 2 N–H and O–H groups in total. The fourth-order valence-electron chi connectivity index (χ4n) is 1.78. The van der Waals surface area contributed by atoms with Crippen molar-refractivity contribution in [1.82, 2.24) is 10.2 Å². The van der Waals surface area contributed by atoms with Crippen LogP contribution in [0.15, 0.2) is 23.0 Å². The highest BCUT2D eigenvalue weighted by Gasteiger charge is 2.09. The number of hydrogen-bond acceptors (Lipinski definition) is 3.